The van der Waals surface area contributed by atoms with E-state index in [1.165, 1.54) is 27.8 Å². The van der Waals surface area contributed by atoms with Crippen LogP contribution in [0.5, 0.6) is 0 Å². The first-order chi connectivity index (χ1) is 14.2. The zero-order valence-corrected chi connectivity index (χ0v) is 16.5. The fraction of sp³-hybridized carbons (Fsp3) is 0.240. The zero-order chi connectivity index (χ0) is 20.2. The summed E-state index contributed by atoms with van der Waals surface area (Å²) in [5.74, 6) is 0.0258. The van der Waals surface area contributed by atoms with E-state index in [2.05, 4.69) is 29.6 Å². The van der Waals surface area contributed by atoms with E-state index < -0.39 is 6.09 Å². The Morgan fingerprint density at radius 1 is 0.966 bits per heavy atom. The van der Waals surface area contributed by atoms with Gasteiger partial charge in [0.25, 0.3) is 0 Å². The van der Waals surface area contributed by atoms with Crippen LogP contribution in [0.2, 0.25) is 0 Å². The van der Waals surface area contributed by atoms with Crippen LogP contribution >= 0.6 is 0 Å². The highest BCUT2D eigenvalue weighted by atomic mass is 16.5. The second kappa shape index (κ2) is 8.50. The van der Waals surface area contributed by atoms with Gasteiger partial charge in [-0.3, -0.25) is 0 Å². The molecule has 1 amide bonds. The molecule has 3 aromatic carbocycles. The third kappa shape index (κ3) is 4.17. The fourth-order valence-corrected chi connectivity index (χ4v) is 3.98. The average molecular weight is 387 g/mol. The van der Waals surface area contributed by atoms with Gasteiger partial charge in [-0.25, -0.2) is 4.79 Å². The molecular weight excluding hydrogens is 362 g/mol. The molecule has 29 heavy (non-hydrogen) atoms. The number of carbonyl (C=O) groups is 1. The summed E-state index contributed by atoms with van der Waals surface area (Å²) in [4.78, 5) is 12.4. The largest absolute Gasteiger partial charge is 0.449 e. The number of amides is 1. The SMILES string of the molecule is Cc1ccc(CC(CO)NC(=O)OCC2c3ccccc3-c3ccccc32)cc1. The Kier molecular flexibility index (Phi) is 5.63. The minimum Gasteiger partial charge on any atom is -0.449 e. The second-order valence-electron chi connectivity index (χ2n) is 7.54. The van der Waals surface area contributed by atoms with Crippen LogP contribution in [0.3, 0.4) is 0 Å². The molecule has 0 radical (unpaired) electrons. The smallest absolute Gasteiger partial charge is 0.407 e. The molecule has 4 rings (SSSR count). The lowest BCUT2D eigenvalue weighted by Gasteiger charge is -2.18. The van der Waals surface area contributed by atoms with Crippen molar-refractivity contribution in [2.24, 2.45) is 0 Å². The van der Waals surface area contributed by atoms with Crippen molar-refractivity contribution >= 4 is 6.09 Å². The Labute approximate surface area is 171 Å². The van der Waals surface area contributed by atoms with Crippen LogP contribution in [0.25, 0.3) is 11.1 Å². The molecule has 4 heteroatoms. The zero-order valence-electron chi connectivity index (χ0n) is 16.5. The molecule has 3 aromatic rings. The Bertz CT molecular complexity index is 951. The van der Waals surface area contributed by atoms with E-state index in [4.69, 9.17) is 4.74 Å². The van der Waals surface area contributed by atoms with Gasteiger partial charge in [0.15, 0.2) is 0 Å². The van der Waals surface area contributed by atoms with Crippen molar-refractivity contribution in [2.75, 3.05) is 13.2 Å². The van der Waals surface area contributed by atoms with Gasteiger partial charge in [0, 0.05) is 5.92 Å². The number of benzene rings is 3. The maximum Gasteiger partial charge on any atom is 0.407 e. The molecule has 2 N–H and O–H groups in total. The Balaban J connectivity index is 1.40. The molecule has 0 spiro atoms. The van der Waals surface area contributed by atoms with E-state index in [9.17, 15) is 9.90 Å². The number of aliphatic hydroxyl groups excluding tert-OH is 1. The minimum absolute atomic E-state index is 0.0258. The molecule has 0 bridgehead atoms. The molecule has 4 nitrogen and oxygen atoms in total. The first-order valence-electron chi connectivity index (χ1n) is 9.93. The van der Waals surface area contributed by atoms with Crippen molar-refractivity contribution in [1.82, 2.24) is 5.32 Å². The summed E-state index contributed by atoms with van der Waals surface area (Å²) in [6.45, 7) is 2.16. The molecule has 1 aliphatic carbocycles. The number of carbonyl (C=O) groups excluding carboxylic acids is 1. The van der Waals surface area contributed by atoms with Gasteiger partial charge >= 0.3 is 6.09 Å². The van der Waals surface area contributed by atoms with Crippen LogP contribution in [0, 0.1) is 6.92 Å². The monoisotopic (exact) mass is 387 g/mol. The molecule has 1 aliphatic rings. The molecule has 0 saturated carbocycles. The summed E-state index contributed by atoms with van der Waals surface area (Å²) in [5, 5.41) is 12.5. The number of hydrogen-bond acceptors (Lipinski definition) is 3. The molecule has 1 unspecified atom stereocenters. The Morgan fingerprint density at radius 2 is 1.55 bits per heavy atom. The lowest BCUT2D eigenvalue weighted by atomic mass is 9.98. The molecule has 148 valence electrons. The molecule has 1 atom stereocenters. The third-order valence-electron chi connectivity index (χ3n) is 5.49. The topological polar surface area (TPSA) is 58.6 Å². The van der Waals surface area contributed by atoms with Crippen molar-refractivity contribution < 1.29 is 14.6 Å². The number of hydrogen-bond donors (Lipinski definition) is 2. The molecule has 0 saturated heterocycles. The van der Waals surface area contributed by atoms with Crippen molar-refractivity contribution in [3.05, 3.63) is 95.1 Å². The van der Waals surface area contributed by atoms with E-state index in [0.717, 1.165) is 5.56 Å². The molecule has 0 aromatic heterocycles. The summed E-state index contributed by atoms with van der Waals surface area (Å²) >= 11 is 0. The van der Waals surface area contributed by atoms with E-state index >= 15 is 0 Å². The van der Waals surface area contributed by atoms with Crippen LogP contribution in [-0.2, 0) is 11.2 Å². The van der Waals surface area contributed by atoms with Crippen LogP contribution < -0.4 is 5.32 Å². The number of fused-ring (bicyclic) bond motifs is 3. The molecular formula is C25H25NO3. The van der Waals surface area contributed by atoms with Crippen molar-refractivity contribution in [3.63, 3.8) is 0 Å². The van der Waals surface area contributed by atoms with E-state index in [1.54, 1.807) is 0 Å². The van der Waals surface area contributed by atoms with Crippen molar-refractivity contribution in [3.8, 4) is 11.1 Å². The summed E-state index contributed by atoms with van der Waals surface area (Å²) in [6.07, 6.45) is 0.0547. The standard InChI is InChI=1S/C25H25NO3/c1-17-10-12-18(13-11-17)14-19(15-27)26-25(28)29-16-24-22-8-4-2-6-20(22)21-7-3-5-9-23(21)24/h2-13,19,24,27H,14-16H2,1H3,(H,26,28). The average Bonchev–Trinajstić information content (AvgIpc) is 3.07. The van der Waals surface area contributed by atoms with Gasteiger partial charge in [0.2, 0.25) is 0 Å². The van der Waals surface area contributed by atoms with Gasteiger partial charge in [0.05, 0.1) is 12.6 Å². The second-order valence-corrected chi connectivity index (χ2v) is 7.54. The first kappa shape index (κ1) is 19.2. The summed E-state index contributed by atoms with van der Waals surface area (Å²) < 4.78 is 5.57. The number of rotatable bonds is 6. The lowest BCUT2D eigenvalue weighted by molar-refractivity contribution is 0.132. The van der Waals surface area contributed by atoms with Gasteiger partial charge in [-0.15, -0.1) is 0 Å². The van der Waals surface area contributed by atoms with Crippen LogP contribution in [-0.4, -0.2) is 30.5 Å². The number of aliphatic hydroxyl groups is 1. The van der Waals surface area contributed by atoms with Gasteiger partial charge in [-0.1, -0.05) is 78.4 Å². The fourth-order valence-electron chi connectivity index (χ4n) is 3.98. The molecule has 0 heterocycles. The van der Waals surface area contributed by atoms with Crippen molar-refractivity contribution in [2.45, 2.75) is 25.3 Å². The predicted octanol–water partition coefficient (Wildman–Crippen LogP) is 4.44. The molecule has 0 aliphatic heterocycles. The van der Waals surface area contributed by atoms with Gasteiger partial charge < -0.3 is 15.2 Å². The number of alkyl carbamates (subject to hydrolysis) is 1. The summed E-state index contributed by atoms with van der Waals surface area (Å²) in [6, 6.07) is 24.2. The predicted molar refractivity (Wildman–Crippen MR) is 114 cm³/mol. The van der Waals surface area contributed by atoms with Gasteiger partial charge in [-0.05, 0) is 41.2 Å². The van der Waals surface area contributed by atoms with E-state index in [-0.39, 0.29) is 25.2 Å². The van der Waals surface area contributed by atoms with Crippen LogP contribution in [0.1, 0.15) is 28.2 Å². The first-order valence-corrected chi connectivity index (χ1v) is 9.93. The highest BCUT2D eigenvalue weighted by Gasteiger charge is 2.29. The van der Waals surface area contributed by atoms with Gasteiger partial charge in [0.1, 0.15) is 6.61 Å². The maximum absolute atomic E-state index is 12.4. The minimum atomic E-state index is -0.502. The van der Waals surface area contributed by atoms with Crippen LogP contribution in [0.15, 0.2) is 72.8 Å². The summed E-state index contributed by atoms with van der Waals surface area (Å²) in [7, 11) is 0. The van der Waals surface area contributed by atoms with Gasteiger partial charge in [-0.2, -0.15) is 0 Å². The lowest BCUT2D eigenvalue weighted by Crippen LogP contribution is -2.39. The Morgan fingerprint density at radius 3 is 2.14 bits per heavy atom. The van der Waals surface area contributed by atoms with Crippen LogP contribution in [0.4, 0.5) is 4.79 Å². The normalized spacial score (nSPS) is 13.4. The number of ether oxygens (including phenoxy) is 1. The third-order valence-corrected chi connectivity index (χ3v) is 5.49. The number of nitrogens with one attached hydrogen (secondary N) is 1. The molecule has 0 fully saturated rings. The quantitative estimate of drug-likeness (QED) is 0.658. The number of aryl methyl sites for hydroxylation is 1. The highest BCUT2D eigenvalue weighted by Crippen LogP contribution is 2.44. The summed E-state index contributed by atoms with van der Waals surface area (Å²) in [5.41, 5.74) is 7.00. The van der Waals surface area contributed by atoms with E-state index in [1.807, 2.05) is 55.5 Å². The van der Waals surface area contributed by atoms with E-state index in [0.29, 0.717) is 6.42 Å². The highest BCUT2D eigenvalue weighted by molar-refractivity contribution is 5.79. The maximum atomic E-state index is 12.4. The van der Waals surface area contributed by atoms with Crippen molar-refractivity contribution in [1.29, 1.82) is 0 Å². The Hall–Kier alpha value is -3.11.